The molecule has 4 N–H and O–H groups in total. The fourth-order valence-corrected chi connectivity index (χ4v) is 1.19. The van der Waals surface area contributed by atoms with E-state index in [0.717, 1.165) is 0 Å². The molecule has 0 radical (unpaired) electrons. The summed E-state index contributed by atoms with van der Waals surface area (Å²) < 4.78 is 4.78. The second kappa shape index (κ2) is 3.50. The third kappa shape index (κ3) is 1.63. The number of nitro benzene ring substituents is 1. The van der Waals surface area contributed by atoms with E-state index >= 15 is 0 Å². The van der Waals surface area contributed by atoms with Crippen molar-refractivity contribution in [1.29, 1.82) is 0 Å². The molecule has 0 spiro atoms. The lowest BCUT2D eigenvalue weighted by atomic mass is 10.2. The molecule has 0 aliphatic heterocycles. The van der Waals surface area contributed by atoms with Gasteiger partial charge in [0.15, 0.2) is 0 Å². The molecular formula is C8H7N5O3. The van der Waals surface area contributed by atoms with Gasteiger partial charge in [-0.15, -0.1) is 0 Å². The number of rotatable bonds is 2. The van der Waals surface area contributed by atoms with Gasteiger partial charge >= 0.3 is 0 Å². The number of nitrogens with two attached hydrogens (primary N) is 2. The predicted octanol–water partition coefficient (Wildman–Crippen LogP) is 0.809. The van der Waals surface area contributed by atoms with E-state index in [4.69, 9.17) is 16.0 Å². The van der Waals surface area contributed by atoms with E-state index in [1.54, 1.807) is 0 Å². The number of hydrogen-bond donors (Lipinski definition) is 2. The Labute approximate surface area is 89.0 Å². The SMILES string of the molecule is Nc1noc(-c2ccc(N)c([N+](=O)[O-])c2)n1. The minimum atomic E-state index is -0.585. The fraction of sp³-hybridized carbons (Fsp3) is 0. The van der Waals surface area contributed by atoms with Crippen LogP contribution in [0.2, 0.25) is 0 Å². The highest BCUT2D eigenvalue weighted by atomic mass is 16.6. The lowest BCUT2D eigenvalue weighted by Crippen LogP contribution is -1.95. The number of nitrogen functional groups attached to an aromatic ring is 2. The molecule has 1 heterocycles. The molecule has 0 saturated heterocycles. The quantitative estimate of drug-likeness (QED) is 0.435. The van der Waals surface area contributed by atoms with Gasteiger partial charge in [0.05, 0.1) is 4.92 Å². The second-order valence-electron chi connectivity index (χ2n) is 2.99. The maximum absolute atomic E-state index is 10.6. The first-order valence-corrected chi connectivity index (χ1v) is 4.21. The smallest absolute Gasteiger partial charge is 0.292 e. The Kier molecular flexibility index (Phi) is 2.16. The van der Waals surface area contributed by atoms with E-state index in [9.17, 15) is 10.1 Å². The molecular weight excluding hydrogens is 214 g/mol. The molecule has 2 rings (SSSR count). The zero-order chi connectivity index (χ0) is 11.7. The van der Waals surface area contributed by atoms with Gasteiger partial charge in [0.1, 0.15) is 5.69 Å². The highest BCUT2D eigenvalue weighted by Crippen LogP contribution is 2.27. The zero-order valence-electron chi connectivity index (χ0n) is 7.95. The van der Waals surface area contributed by atoms with Crippen LogP contribution in [0.25, 0.3) is 11.5 Å². The first kappa shape index (κ1) is 9.90. The van der Waals surface area contributed by atoms with Crippen molar-refractivity contribution in [1.82, 2.24) is 10.1 Å². The highest BCUT2D eigenvalue weighted by molar-refractivity contribution is 5.68. The average Bonchev–Trinajstić information content (AvgIpc) is 2.65. The maximum atomic E-state index is 10.6. The standard InChI is InChI=1S/C8H7N5O3/c9-5-2-1-4(3-6(5)13(14)15)7-11-8(10)12-16-7/h1-3H,9H2,(H2,10,12). The summed E-state index contributed by atoms with van der Waals surface area (Å²) in [5, 5.41) is 14.0. The third-order valence-corrected chi connectivity index (χ3v) is 1.92. The number of aromatic nitrogens is 2. The number of nitrogens with zero attached hydrogens (tertiary/aromatic N) is 3. The molecule has 8 nitrogen and oxygen atoms in total. The van der Waals surface area contributed by atoms with Crippen molar-refractivity contribution in [3.05, 3.63) is 28.3 Å². The molecule has 2 aromatic rings. The third-order valence-electron chi connectivity index (χ3n) is 1.92. The van der Waals surface area contributed by atoms with Crippen LogP contribution in [-0.2, 0) is 0 Å². The van der Waals surface area contributed by atoms with Gasteiger partial charge in [-0.1, -0.05) is 0 Å². The Balaban J connectivity index is 2.51. The Hall–Kier alpha value is -2.64. The summed E-state index contributed by atoms with van der Waals surface area (Å²) in [5.41, 5.74) is 11.0. The van der Waals surface area contributed by atoms with Gasteiger partial charge in [0, 0.05) is 11.6 Å². The summed E-state index contributed by atoms with van der Waals surface area (Å²) in [7, 11) is 0. The Morgan fingerprint density at radius 3 is 2.69 bits per heavy atom. The van der Waals surface area contributed by atoms with Gasteiger partial charge in [-0.25, -0.2) is 0 Å². The van der Waals surface area contributed by atoms with Crippen LogP contribution in [0.3, 0.4) is 0 Å². The monoisotopic (exact) mass is 221 g/mol. The van der Waals surface area contributed by atoms with Gasteiger partial charge in [-0.2, -0.15) is 4.98 Å². The fourth-order valence-electron chi connectivity index (χ4n) is 1.19. The van der Waals surface area contributed by atoms with Gasteiger partial charge in [-0.3, -0.25) is 10.1 Å². The largest absolute Gasteiger partial charge is 0.393 e. The molecule has 0 atom stereocenters. The minimum absolute atomic E-state index is 0.0329. The molecule has 1 aromatic carbocycles. The van der Waals surface area contributed by atoms with Crippen LogP contribution in [0.15, 0.2) is 22.7 Å². The molecule has 0 unspecified atom stereocenters. The van der Waals surface area contributed by atoms with Crippen molar-refractivity contribution < 1.29 is 9.45 Å². The molecule has 0 aliphatic rings. The maximum Gasteiger partial charge on any atom is 0.292 e. The Bertz CT molecular complexity index is 550. The predicted molar refractivity (Wildman–Crippen MR) is 55.2 cm³/mol. The molecule has 0 bridgehead atoms. The molecule has 16 heavy (non-hydrogen) atoms. The first-order chi connectivity index (χ1) is 7.58. The van der Waals surface area contributed by atoms with E-state index in [1.165, 1.54) is 18.2 Å². The number of anilines is 2. The van der Waals surface area contributed by atoms with E-state index in [1.807, 2.05) is 0 Å². The van der Waals surface area contributed by atoms with Crippen LogP contribution in [-0.4, -0.2) is 15.1 Å². The summed E-state index contributed by atoms with van der Waals surface area (Å²) in [6.45, 7) is 0. The lowest BCUT2D eigenvalue weighted by Gasteiger charge is -1.98. The van der Waals surface area contributed by atoms with Crippen LogP contribution in [0, 0.1) is 10.1 Å². The van der Waals surface area contributed by atoms with Crippen LogP contribution in [0.4, 0.5) is 17.3 Å². The van der Waals surface area contributed by atoms with Crippen molar-refractivity contribution in [2.75, 3.05) is 11.5 Å². The van der Waals surface area contributed by atoms with Crippen LogP contribution >= 0.6 is 0 Å². The average molecular weight is 221 g/mol. The Morgan fingerprint density at radius 2 is 2.12 bits per heavy atom. The van der Waals surface area contributed by atoms with Gasteiger partial charge in [0.2, 0.25) is 0 Å². The number of nitro groups is 1. The van der Waals surface area contributed by atoms with Crippen molar-refractivity contribution in [2.24, 2.45) is 0 Å². The summed E-state index contributed by atoms with van der Waals surface area (Å²) in [5.74, 6) is 0.0788. The molecule has 1 aromatic heterocycles. The van der Waals surface area contributed by atoms with Gasteiger partial charge in [-0.05, 0) is 17.3 Å². The molecule has 0 fully saturated rings. The van der Waals surface area contributed by atoms with E-state index in [2.05, 4.69) is 10.1 Å². The zero-order valence-corrected chi connectivity index (χ0v) is 7.95. The molecule has 82 valence electrons. The number of hydrogen-bond acceptors (Lipinski definition) is 7. The topological polar surface area (TPSA) is 134 Å². The van der Waals surface area contributed by atoms with Crippen LogP contribution < -0.4 is 11.5 Å². The van der Waals surface area contributed by atoms with E-state index in [0.29, 0.717) is 5.56 Å². The lowest BCUT2D eigenvalue weighted by molar-refractivity contribution is -0.383. The summed E-state index contributed by atoms with van der Waals surface area (Å²) in [6.07, 6.45) is 0. The number of benzene rings is 1. The molecule has 0 saturated carbocycles. The van der Waals surface area contributed by atoms with Crippen molar-refractivity contribution in [3.8, 4) is 11.5 Å². The molecule has 8 heteroatoms. The van der Waals surface area contributed by atoms with Crippen molar-refractivity contribution in [3.63, 3.8) is 0 Å². The van der Waals surface area contributed by atoms with E-state index < -0.39 is 4.92 Å². The van der Waals surface area contributed by atoms with Crippen molar-refractivity contribution >= 4 is 17.3 Å². The van der Waals surface area contributed by atoms with Gasteiger partial charge in [0.25, 0.3) is 17.5 Å². The van der Waals surface area contributed by atoms with Crippen LogP contribution in [0.1, 0.15) is 0 Å². The Morgan fingerprint density at radius 1 is 1.38 bits per heavy atom. The molecule has 0 amide bonds. The second-order valence-corrected chi connectivity index (χ2v) is 2.99. The molecule has 0 aliphatic carbocycles. The van der Waals surface area contributed by atoms with Crippen molar-refractivity contribution in [2.45, 2.75) is 0 Å². The van der Waals surface area contributed by atoms with Crippen LogP contribution in [0.5, 0.6) is 0 Å². The summed E-state index contributed by atoms with van der Waals surface area (Å²) in [4.78, 5) is 13.8. The summed E-state index contributed by atoms with van der Waals surface area (Å²) >= 11 is 0. The first-order valence-electron chi connectivity index (χ1n) is 4.21. The van der Waals surface area contributed by atoms with E-state index in [-0.39, 0.29) is 23.2 Å². The minimum Gasteiger partial charge on any atom is -0.393 e. The highest BCUT2D eigenvalue weighted by Gasteiger charge is 2.15. The van der Waals surface area contributed by atoms with Gasteiger partial charge < -0.3 is 16.0 Å². The summed E-state index contributed by atoms with van der Waals surface area (Å²) in [6, 6.07) is 4.19. The normalized spacial score (nSPS) is 10.2.